The van der Waals surface area contributed by atoms with E-state index in [-0.39, 0.29) is 23.3 Å². The number of hydrogen-bond acceptors (Lipinski definition) is 4. The van der Waals surface area contributed by atoms with Gasteiger partial charge in [0.2, 0.25) is 15.9 Å². The number of piperidine rings is 1. The van der Waals surface area contributed by atoms with Crippen LogP contribution in [0.3, 0.4) is 0 Å². The number of nitrogens with zero attached hydrogens (tertiary/aromatic N) is 2. The lowest BCUT2D eigenvalue weighted by Crippen LogP contribution is -2.45. The molecule has 0 radical (unpaired) electrons. The summed E-state index contributed by atoms with van der Waals surface area (Å²) in [6.45, 7) is 5.42. The molecule has 0 bridgehead atoms. The van der Waals surface area contributed by atoms with E-state index in [2.05, 4.69) is 0 Å². The van der Waals surface area contributed by atoms with Crippen LogP contribution in [-0.4, -0.2) is 50.3 Å². The van der Waals surface area contributed by atoms with Crippen molar-refractivity contribution in [2.75, 3.05) is 26.7 Å². The molecule has 0 unspecified atom stereocenters. The van der Waals surface area contributed by atoms with Crippen molar-refractivity contribution in [3.63, 3.8) is 0 Å². The summed E-state index contributed by atoms with van der Waals surface area (Å²) in [6, 6.07) is 14.7. The van der Waals surface area contributed by atoms with Crippen molar-refractivity contribution < 1.29 is 17.9 Å². The lowest BCUT2D eigenvalue weighted by Gasteiger charge is -2.33. The molecule has 0 saturated carbocycles. The van der Waals surface area contributed by atoms with E-state index in [4.69, 9.17) is 4.74 Å². The molecule has 1 fully saturated rings. The number of ether oxygens (including phenoxy) is 1. The molecule has 3 rings (SSSR count). The van der Waals surface area contributed by atoms with Gasteiger partial charge in [0.1, 0.15) is 5.75 Å². The second kappa shape index (κ2) is 9.62. The molecule has 7 heteroatoms. The second-order valence-electron chi connectivity index (χ2n) is 7.74. The summed E-state index contributed by atoms with van der Waals surface area (Å²) in [4.78, 5) is 14.9. The summed E-state index contributed by atoms with van der Waals surface area (Å²) in [7, 11) is -1.88. The van der Waals surface area contributed by atoms with Gasteiger partial charge in [-0.15, -0.1) is 0 Å². The Bertz CT molecular complexity index is 976. The number of carbonyl (C=O) groups is 1. The lowest BCUT2D eigenvalue weighted by atomic mass is 9.98. The third kappa shape index (κ3) is 5.02. The van der Waals surface area contributed by atoms with Crippen molar-refractivity contribution >= 4 is 15.9 Å². The largest absolute Gasteiger partial charge is 0.494 e. The minimum absolute atomic E-state index is 0.0124. The van der Waals surface area contributed by atoms with Crippen molar-refractivity contribution in [2.45, 2.75) is 38.1 Å². The highest BCUT2D eigenvalue weighted by Crippen LogP contribution is 2.28. The number of hydrogen-bond donors (Lipinski definition) is 0. The summed E-state index contributed by atoms with van der Waals surface area (Å²) in [6.07, 6.45) is 1.37. The topological polar surface area (TPSA) is 66.9 Å². The van der Waals surface area contributed by atoms with Gasteiger partial charge in [-0.2, -0.15) is 4.31 Å². The molecule has 6 nitrogen and oxygen atoms in total. The average Bonchev–Trinajstić information content (AvgIpc) is 2.75. The first-order chi connectivity index (χ1) is 14.3. The zero-order valence-corrected chi connectivity index (χ0v) is 18.7. The van der Waals surface area contributed by atoms with E-state index in [9.17, 15) is 13.2 Å². The molecule has 2 aromatic rings. The van der Waals surface area contributed by atoms with Crippen LogP contribution >= 0.6 is 0 Å². The van der Waals surface area contributed by atoms with E-state index in [1.807, 2.05) is 44.2 Å². The first-order valence-electron chi connectivity index (χ1n) is 10.4. The third-order valence-corrected chi connectivity index (χ3v) is 7.32. The van der Waals surface area contributed by atoms with Gasteiger partial charge in [0, 0.05) is 26.7 Å². The van der Waals surface area contributed by atoms with E-state index < -0.39 is 10.0 Å². The van der Waals surface area contributed by atoms with Gasteiger partial charge >= 0.3 is 0 Å². The molecule has 30 heavy (non-hydrogen) atoms. The number of benzene rings is 2. The highest BCUT2D eigenvalue weighted by molar-refractivity contribution is 7.89. The van der Waals surface area contributed by atoms with E-state index in [1.165, 1.54) is 4.31 Å². The summed E-state index contributed by atoms with van der Waals surface area (Å²) in [5.41, 5.74) is 1.84. The normalized spacial score (nSPS) is 17.5. The van der Waals surface area contributed by atoms with Gasteiger partial charge in [-0.1, -0.05) is 30.3 Å². The monoisotopic (exact) mass is 430 g/mol. The lowest BCUT2D eigenvalue weighted by molar-refractivity contribution is -0.135. The number of rotatable bonds is 7. The molecular formula is C23H30N2O4S. The Balaban J connectivity index is 1.71. The van der Waals surface area contributed by atoms with E-state index >= 15 is 0 Å². The summed E-state index contributed by atoms with van der Waals surface area (Å²) < 4.78 is 33.4. The van der Waals surface area contributed by atoms with Crippen LogP contribution in [0.2, 0.25) is 0 Å². The molecule has 1 saturated heterocycles. The highest BCUT2D eigenvalue weighted by atomic mass is 32.2. The Kier molecular flexibility index (Phi) is 7.15. The SMILES string of the molecule is CCOc1ccc(S(=O)(=O)N2CCC[C@H](C(=O)N(C)Cc3ccccc3)C2)cc1C. The molecule has 0 aromatic heterocycles. The van der Waals surface area contributed by atoms with Gasteiger partial charge in [0.05, 0.1) is 17.4 Å². The van der Waals surface area contributed by atoms with Crippen LogP contribution in [0.4, 0.5) is 0 Å². The van der Waals surface area contributed by atoms with Crippen LogP contribution in [0, 0.1) is 12.8 Å². The minimum atomic E-state index is -3.66. The van der Waals surface area contributed by atoms with Crippen molar-refractivity contribution in [1.29, 1.82) is 0 Å². The van der Waals surface area contributed by atoms with Gasteiger partial charge in [0.25, 0.3) is 0 Å². The molecule has 2 aromatic carbocycles. The zero-order chi connectivity index (χ0) is 21.7. The van der Waals surface area contributed by atoms with Crippen LogP contribution in [-0.2, 0) is 21.4 Å². The molecule has 1 atom stereocenters. The maximum absolute atomic E-state index is 13.2. The van der Waals surface area contributed by atoms with Crippen molar-refractivity contribution in [3.8, 4) is 5.75 Å². The first-order valence-corrected chi connectivity index (χ1v) is 11.8. The maximum atomic E-state index is 13.2. The molecule has 1 heterocycles. The van der Waals surface area contributed by atoms with Gasteiger partial charge in [0.15, 0.2) is 0 Å². The molecule has 1 aliphatic rings. The number of amides is 1. The number of aryl methyl sites for hydroxylation is 1. The minimum Gasteiger partial charge on any atom is -0.494 e. The standard InChI is InChI=1S/C23H30N2O4S/c1-4-29-22-13-12-21(15-18(22)2)30(27,28)25-14-8-11-20(17-25)23(26)24(3)16-19-9-6-5-7-10-19/h5-7,9-10,12-13,15,20H,4,8,11,14,16-17H2,1-3H3/t20-/m0/s1. The summed E-state index contributed by atoms with van der Waals surface area (Å²) in [5, 5.41) is 0. The van der Waals surface area contributed by atoms with E-state index in [1.54, 1.807) is 30.1 Å². The molecule has 0 N–H and O–H groups in total. The van der Waals surface area contributed by atoms with Crippen LogP contribution in [0.5, 0.6) is 5.75 Å². The van der Waals surface area contributed by atoms with Gasteiger partial charge in [-0.05, 0) is 56.0 Å². The average molecular weight is 431 g/mol. The summed E-state index contributed by atoms with van der Waals surface area (Å²) >= 11 is 0. The van der Waals surface area contributed by atoms with Crippen LogP contribution in [0.25, 0.3) is 0 Å². The van der Waals surface area contributed by atoms with E-state index in [0.29, 0.717) is 38.3 Å². The molecule has 1 amide bonds. The Hall–Kier alpha value is -2.38. The summed E-state index contributed by atoms with van der Waals surface area (Å²) in [5.74, 6) is 0.346. The fourth-order valence-electron chi connectivity index (χ4n) is 3.86. The Morgan fingerprint density at radius 1 is 1.20 bits per heavy atom. The van der Waals surface area contributed by atoms with Crippen molar-refractivity contribution in [3.05, 3.63) is 59.7 Å². The van der Waals surface area contributed by atoms with Crippen LogP contribution < -0.4 is 4.74 Å². The van der Waals surface area contributed by atoms with E-state index in [0.717, 1.165) is 11.1 Å². The van der Waals surface area contributed by atoms with Crippen LogP contribution in [0.15, 0.2) is 53.4 Å². The van der Waals surface area contributed by atoms with Gasteiger partial charge in [-0.3, -0.25) is 4.79 Å². The Labute approximate surface area is 179 Å². The quantitative estimate of drug-likeness (QED) is 0.675. The zero-order valence-electron chi connectivity index (χ0n) is 17.9. The maximum Gasteiger partial charge on any atom is 0.243 e. The molecule has 0 spiro atoms. The Morgan fingerprint density at radius 3 is 2.60 bits per heavy atom. The smallest absolute Gasteiger partial charge is 0.243 e. The molecule has 1 aliphatic heterocycles. The predicted octanol–water partition coefficient (Wildman–Crippen LogP) is 3.45. The fourth-order valence-corrected chi connectivity index (χ4v) is 5.47. The molecule has 0 aliphatic carbocycles. The van der Waals surface area contributed by atoms with Gasteiger partial charge < -0.3 is 9.64 Å². The number of carbonyl (C=O) groups excluding carboxylic acids is 1. The van der Waals surface area contributed by atoms with Crippen LogP contribution in [0.1, 0.15) is 30.9 Å². The van der Waals surface area contributed by atoms with Crippen molar-refractivity contribution in [2.24, 2.45) is 5.92 Å². The fraction of sp³-hybridized carbons (Fsp3) is 0.435. The van der Waals surface area contributed by atoms with Crippen molar-refractivity contribution in [1.82, 2.24) is 9.21 Å². The highest BCUT2D eigenvalue weighted by Gasteiger charge is 2.34. The second-order valence-corrected chi connectivity index (χ2v) is 9.68. The Morgan fingerprint density at radius 2 is 1.93 bits per heavy atom. The third-order valence-electron chi connectivity index (χ3n) is 5.46. The molecule has 162 valence electrons. The number of sulfonamides is 1. The predicted molar refractivity (Wildman–Crippen MR) is 117 cm³/mol. The van der Waals surface area contributed by atoms with Gasteiger partial charge in [-0.25, -0.2) is 8.42 Å². The first kappa shape index (κ1) is 22.3. The molecular weight excluding hydrogens is 400 g/mol.